The highest BCUT2D eigenvalue weighted by atomic mass is 16.6. The minimum absolute atomic E-state index is 0.123. The van der Waals surface area contributed by atoms with Crippen molar-refractivity contribution in [2.75, 3.05) is 26.8 Å². The van der Waals surface area contributed by atoms with Gasteiger partial charge in [0.1, 0.15) is 0 Å². The van der Waals surface area contributed by atoms with Crippen LogP contribution in [-0.4, -0.2) is 36.6 Å². The summed E-state index contributed by atoms with van der Waals surface area (Å²) < 4.78 is 5.03. The van der Waals surface area contributed by atoms with Gasteiger partial charge in [0.05, 0.1) is 11.5 Å². The Labute approximate surface area is 107 Å². The Morgan fingerprint density at radius 3 is 2.94 bits per heavy atom. The van der Waals surface area contributed by atoms with E-state index in [1.807, 2.05) is 12.1 Å². The van der Waals surface area contributed by atoms with Crippen LogP contribution in [-0.2, 0) is 11.3 Å². The number of methoxy groups -OCH3 is 1. The molecule has 1 aromatic rings. The van der Waals surface area contributed by atoms with Crippen LogP contribution < -0.4 is 0 Å². The summed E-state index contributed by atoms with van der Waals surface area (Å²) in [7, 11) is 1.65. The lowest BCUT2D eigenvalue weighted by atomic mass is 10.2. The first-order valence-corrected chi connectivity index (χ1v) is 5.73. The standard InChI is InChI=1S/C13H18N2O3/c1-3-7-14(8-9-18-2)11-12-5-4-6-13(10-12)15(16)17/h3-6,10H,1,7-9,11H2,2H3. The molecule has 5 heteroatoms. The smallest absolute Gasteiger partial charge is 0.269 e. The predicted molar refractivity (Wildman–Crippen MR) is 70.4 cm³/mol. The van der Waals surface area contributed by atoms with Crippen molar-refractivity contribution in [3.05, 3.63) is 52.6 Å². The molecule has 0 atom stereocenters. The first-order chi connectivity index (χ1) is 8.67. The van der Waals surface area contributed by atoms with Crippen LogP contribution in [0.25, 0.3) is 0 Å². The highest BCUT2D eigenvalue weighted by Gasteiger charge is 2.08. The maximum absolute atomic E-state index is 10.7. The second kappa shape index (κ2) is 7.58. The summed E-state index contributed by atoms with van der Waals surface area (Å²) in [4.78, 5) is 12.4. The second-order valence-electron chi connectivity index (χ2n) is 3.94. The van der Waals surface area contributed by atoms with Gasteiger partial charge in [-0.15, -0.1) is 6.58 Å². The lowest BCUT2D eigenvalue weighted by Gasteiger charge is -2.20. The van der Waals surface area contributed by atoms with Crippen molar-refractivity contribution in [2.24, 2.45) is 0 Å². The first kappa shape index (κ1) is 14.3. The largest absolute Gasteiger partial charge is 0.383 e. The molecule has 0 aliphatic carbocycles. The third kappa shape index (κ3) is 4.65. The van der Waals surface area contributed by atoms with Gasteiger partial charge < -0.3 is 4.74 Å². The third-order valence-electron chi connectivity index (χ3n) is 2.53. The normalized spacial score (nSPS) is 10.6. The number of benzene rings is 1. The number of hydrogen-bond acceptors (Lipinski definition) is 4. The van der Waals surface area contributed by atoms with E-state index >= 15 is 0 Å². The third-order valence-corrected chi connectivity index (χ3v) is 2.53. The van der Waals surface area contributed by atoms with Gasteiger partial charge in [-0.25, -0.2) is 0 Å². The van der Waals surface area contributed by atoms with Gasteiger partial charge in [0.15, 0.2) is 0 Å². The molecule has 0 bridgehead atoms. The minimum Gasteiger partial charge on any atom is -0.383 e. The van der Waals surface area contributed by atoms with Crippen LogP contribution in [0.3, 0.4) is 0 Å². The van der Waals surface area contributed by atoms with E-state index in [4.69, 9.17) is 4.74 Å². The summed E-state index contributed by atoms with van der Waals surface area (Å²) >= 11 is 0. The fourth-order valence-electron chi connectivity index (χ4n) is 1.66. The van der Waals surface area contributed by atoms with E-state index in [1.165, 1.54) is 6.07 Å². The van der Waals surface area contributed by atoms with Crippen LogP contribution in [0, 0.1) is 10.1 Å². The lowest BCUT2D eigenvalue weighted by Crippen LogP contribution is -2.27. The SMILES string of the molecule is C=CCN(CCOC)Cc1cccc([N+](=O)[O-])c1. The van der Waals surface area contributed by atoms with Crippen LogP contribution in [0.5, 0.6) is 0 Å². The van der Waals surface area contributed by atoms with Crippen molar-refractivity contribution in [1.82, 2.24) is 4.90 Å². The van der Waals surface area contributed by atoms with Crippen LogP contribution in [0.2, 0.25) is 0 Å². The van der Waals surface area contributed by atoms with Gasteiger partial charge in [-0.05, 0) is 5.56 Å². The maximum atomic E-state index is 10.7. The molecule has 0 amide bonds. The van der Waals surface area contributed by atoms with Gasteiger partial charge in [0.2, 0.25) is 0 Å². The number of nitrogens with zero attached hydrogens (tertiary/aromatic N) is 2. The molecule has 5 nitrogen and oxygen atoms in total. The molecule has 0 saturated heterocycles. The molecule has 0 heterocycles. The van der Waals surface area contributed by atoms with Crippen molar-refractivity contribution >= 4 is 5.69 Å². The molecule has 0 fully saturated rings. The number of nitro groups is 1. The fraction of sp³-hybridized carbons (Fsp3) is 0.385. The molecule has 0 N–H and O–H groups in total. The van der Waals surface area contributed by atoms with Gasteiger partial charge in [-0.2, -0.15) is 0 Å². The Balaban J connectivity index is 2.70. The van der Waals surface area contributed by atoms with E-state index in [-0.39, 0.29) is 10.6 Å². The van der Waals surface area contributed by atoms with Crippen LogP contribution >= 0.6 is 0 Å². The van der Waals surface area contributed by atoms with Crippen molar-refractivity contribution in [3.8, 4) is 0 Å². The van der Waals surface area contributed by atoms with Crippen LogP contribution in [0.15, 0.2) is 36.9 Å². The van der Waals surface area contributed by atoms with Crippen molar-refractivity contribution in [2.45, 2.75) is 6.54 Å². The molecule has 1 rings (SSSR count). The molecule has 0 spiro atoms. The van der Waals surface area contributed by atoms with Crippen molar-refractivity contribution in [1.29, 1.82) is 0 Å². The molecule has 98 valence electrons. The predicted octanol–water partition coefficient (Wildman–Crippen LogP) is 2.23. The summed E-state index contributed by atoms with van der Waals surface area (Å²) in [6.07, 6.45) is 1.81. The van der Waals surface area contributed by atoms with Crippen LogP contribution in [0.1, 0.15) is 5.56 Å². The Morgan fingerprint density at radius 2 is 2.33 bits per heavy atom. The van der Waals surface area contributed by atoms with E-state index in [1.54, 1.807) is 19.2 Å². The van der Waals surface area contributed by atoms with Gasteiger partial charge in [-0.1, -0.05) is 18.2 Å². The first-order valence-electron chi connectivity index (χ1n) is 5.73. The van der Waals surface area contributed by atoms with Gasteiger partial charge in [-0.3, -0.25) is 15.0 Å². The van der Waals surface area contributed by atoms with Gasteiger partial charge in [0.25, 0.3) is 5.69 Å². The molecule has 18 heavy (non-hydrogen) atoms. The maximum Gasteiger partial charge on any atom is 0.269 e. The van der Waals surface area contributed by atoms with E-state index in [2.05, 4.69) is 11.5 Å². The zero-order valence-electron chi connectivity index (χ0n) is 10.5. The average molecular weight is 250 g/mol. The second-order valence-corrected chi connectivity index (χ2v) is 3.94. The molecule has 1 aromatic carbocycles. The Hall–Kier alpha value is -1.72. The number of ether oxygens (including phenoxy) is 1. The highest BCUT2D eigenvalue weighted by Crippen LogP contribution is 2.14. The number of non-ortho nitro benzene ring substituents is 1. The Morgan fingerprint density at radius 1 is 1.56 bits per heavy atom. The summed E-state index contributed by atoms with van der Waals surface area (Å²) in [5.74, 6) is 0. The molecular formula is C13H18N2O3. The monoisotopic (exact) mass is 250 g/mol. The summed E-state index contributed by atoms with van der Waals surface area (Å²) in [5.41, 5.74) is 1.04. The van der Waals surface area contributed by atoms with Crippen LogP contribution in [0.4, 0.5) is 5.69 Å². The molecular weight excluding hydrogens is 232 g/mol. The van der Waals surface area contributed by atoms with E-state index < -0.39 is 0 Å². The zero-order valence-corrected chi connectivity index (χ0v) is 10.5. The Kier molecular flexibility index (Phi) is 6.04. The molecule has 0 aliphatic heterocycles. The minimum atomic E-state index is -0.378. The van der Waals surface area contributed by atoms with Crippen molar-refractivity contribution < 1.29 is 9.66 Å². The fourth-order valence-corrected chi connectivity index (χ4v) is 1.66. The topological polar surface area (TPSA) is 55.6 Å². The molecule has 0 unspecified atom stereocenters. The quantitative estimate of drug-likeness (QED) is 0.403. The average Bonchev–Trinajstić information content (AvgIpc) is 2.36. The molecule has 0 radical (unpaired) electrons. The zero-order chi connectivity index (χ0) is 13.4. The van der Waals surface area contributed by atoms with E-state index in [0.717, 1.165) is 18.7 Å². The number of nitro benzene ring substituents is 1. The van der Waals surface area contributed by atoms with E-state index in [0.29, 0.717) is 13.2 Å². The molecule has 0 saturated carbocycles. The summed E-state index contributed by atoms with van der Waals surface area (Å²) in [5, 5.41) is 10.7. The highest BCUT2D eigenvalue weighted by molar-refractivity contribution is 5.34. The summed E-state index contributed by atoms with van der Waals surface area (Å²) in [6.45, 7) is 6.48. The molecule has 0 aliphatic rings. The van der Waals surface area contributed by atoms with Gasteiger partial charge in [0, 0.05) is 38.9 Å². The van der Waals surface area contributed by atoms with Crippen molar-refractivity contribution in [3.63, 3.8) is 0 Å². The van der Waals surface area contributed by atoms with Gasteiger partial charge >= 0.3 is 0 Å². The van der Waals surface area contributed by atoms with E-state index in [9.17, 15) is 10.1 Å². The number of hydrogen-bond donors (Lipinski definition) is 0. The Bertz CT molecular complexity index is 407. The summed E-state index contributed by atoms with van der Waals surface area (Å²) in [6, 6.07) is 6.69. The lowest BCUT2D eigenvalue weighted by molar-refractivity contribution is -0.384. The number of rotatable bonds is 8. The molecule has 0 aromatic heterocycles.